The largest absolute Gasteiger partial charge is 0.493 e. The number of nitrogens with one attached hydrogen (secondary N) is 1. The molecule has 3 nitrogen and oxygen atoms in total. The first-order chi connectivity index (χ1) is 10.1. The highest BCUT2D eigenvalue weighted by Crippen LogP contribution is 2.38. The average molecular weight is 370 g/mol. The number of ether oxygens (including phenoxy) is 2. The Morgan fingerprint density at radius 2 is 1.90 bits per heavy atom. The summed E-state index contributed by atoms with van der Waals surface area (Å²) in [5.74, 6) is 1.52. The molecule has 1 atom stereocenters. The lowest BCUT2D eigenvalue weighted by atomic mass is 9.99. The van der Waals surface area contributed by atoms with Crippen molar-refractivity contribution >= 4 is 27.3 Å². The fourth-order valence-corrected chi connectivity index (χ4v) is 4.06. The van der Waals surface area contributed by atoms with Gasteiger partial charge in [-0.25, -0.2) is 0 Å². The Kier molecular flexibility index (Phi) is 5.67. The number of benzene rings is 1. The summed E-state index contributed by atoms with van der Waals surface area (Å²) in [6.45, 7) is 5.11. The molecule has 1 unspecified atom stereocenters. The van der Waals surface area contributed by atoms with Crippen LogP contribution in [0.15, 0.2) is 28.1 Å². The number of aryl methyl sites for hydroxylation is 1. The molecule has 0 fully saturated rings. The van der Waals surface area contributed by atoms with Gasteiger partial charge in [0.2, 0.25) is 0 Å². The van der Waals surface area contributed by atoms with Crippen molar-refractivity contribution in [1.29, 1.82) is 0 Å². The van der Waals surface area contributed by atoms with Crippen LogP contribution in [0.3, 0.4) is 0 Å². The molecule has 0 aliphatic rings. The quantitative estimate of drug-likeness (QED) is 0.810. The third-order valence-electron chi connectivity index (χ3n) is 3.40. The van der Waals surface area contributed by atoms with E-state index in [9.17, 15) is 0 Å². The molecule has 0 spiro atoms. The molecule has 2 aromatic rings. The van der Waals surface area contributed by atoms with Gasteiger partial charge in [-0.05, 0) is 64.1 Å². The molecule has 21 heavy (non-hydrogen) atoms. The summed E-state index contributed by atoms with van der Waals surface area (Å²) in [6, 6.07) is 6.32. The number of thiophene rings is 1. The van der Waals surface area contributed by atoms with Crippen molar-refractivity contribution in [2.24, 2.45) is 0 Å². The molecule has 5 heteroatoms. The molecule has 0 saturated carbocycles. The van der Waals surface area contributed by atoms with Gasteiger partial charge in [-0.3, -0.25) is 0 Å². The molecule has 1 aromatic heterocycles. The minimum atomic E-state index is 0.143. The van der Waals surface area contributed by atoms with Crippen LogP contribution in [0.2, 0.25) is 0 Å². The molecule has 0 amide bonds. The van der Waals surface area contributed by atoms with Crippen LogP contribution in [-0.2, 0) is 0 Å². The van der Waals surface area contributed by atoms with Crippen molar-refractivity contribution in [3.63, 3.8) is 0 Å². The average Bonchev–Trinajstić information content (AvgIpc) is 2.90. The first-order valence-electron chi connectivity index (χ1n) is 6.81. The summed E-state index contributed by atoms with van der Waals surface area (Å²) in [5.41, 5.74) is 2.39. The van der Waals surface area contributed by atoms with Gasteiger partial charge in [-0.15, -0.1) is 11.3 Å². The second-order valence-electron chi connectivity index (χ2n) is 4.69. The molecule has 0 aliphatic carbocycles. The third-order valence-corrected chi connectivity index (χ3v) is 5.33. The summed E-state index contributed by atoms with van der Waals surface area (Å²) in [7, 11) is 3.33. The predicted octanol–water partition coefficient (Wildman–Crippen LogP) is 4.54. The van der Waals surface area contributed by atoms with E-state index < -0.39 is 0 Å². The molecule has 2 rings (SSSR count). The SMILES string of the molecule is CCNC(c1cc(OC)c(OC)cc1C)c1sccc1Br. The molecule has 1 aromatic carbocycles. The second-order valence-corrected chi connectivity index (χ2v) is 6.49. The maximum atomic E-state index is 5.45. The zero-order valence-electron chi connectivity index (χ0n) is 12.7. The van der Waals surface area contributed by atoms with Crippen molar-refractivity contribution in [2.45, 2.75) is 19.9 Å². The topological polar surface area (TPSA) is 30.5 Å². The maximum Gasteiger partial charge on any atom is 0.161 e. The molecule has 1 heterocycles. The fraction of sp³-hybridized carbons (Fsp3) is 0.375. The van der Waals surface area contributed by atoms with Gasteiger partial charge in [0.05, 0.1) is 20.3 Å². The van der Waals surface area contributed by atoms with Crippen LogP contribution in [0.5, 0.6) is 11.5 Å². The normalized spacial score (nSPS) is 12.2. The Morgan fingerprint density at radius 3 is 2.43 bits per heavy atom. The Balaban J connectivity index is 2.53. The van der Waals surface area contributed by atoms with E-state index in [0.717, 1.165) is 22.5 Å². The Labute approximate surface area is 138 Å². The van der Waals surface area contributed by atoms with Crippen molar-refractivity contribution in [1.82, 2.24) is 5.32 Å². The molecule has 114 valence electrons. The molecule has 0 saturated heterocycles. The summed E-state index contributed by atoms with van der Waals surface area (Å²) in [5, 5.41) is 5.65. The van der Waals surface area contributed by atoms with Crippen molar-refractivity contribution < 1.29 is 9.47 Å². The van der Waals surface area contributed by atoms with Gasteiger partial charge >= 0.3 is 0 Å². The minimum Gasteiger partial charge on any atom is -0.493 e. The van der Waals surface area contributed by atoms with Gasteiger partial charge in [0.25, 0.3) is 0 Å². The van der Waals surface area contributed by atoms with E-state index in [-0.39, 0.29) is 6.04 Å². The smallest absolute Gasteiger partial charge is 0.161 e. The van der Waals surface area contributed by atoms with Gasteiger partial charge in [-0.1, -0.05) is 6.92 Å². The summed E-state index contributed by atoms with van der Waals surface area (Å²) in [4.78, 5) is 1.27. The molecule has 1 N–H and O–H groups in total. The van der Waals surface area contributed by atoms with Crippen LogP contribution in [0.25, 0.3) is 0 Å². The number of rotatable bonds is 6. The van der Waals surface area contributed by atoms with Gasteiger partial charge in [0.15, 0.2) is 11.5 Å². The van der Waals surface area contributed by atoms with E-state index in [1.54, 1.807) is 25.6 Å². The number of hydrogen-bond acceptors (Lipinski definition) is 4. The van der Waals surface area contributed by atoms with Crippen molar-refractivity contribution in [3.8, 4) is 11.5 Å². The Bertz CT molecular complexity index is 612. The van der Waals surface area contributed by atoms with Crippen LogP contribution in [0.1, 0.15) is 29.0 Å². The molecule has 0 radical (unpaired) electrons. The Hall–Kier alpha value is -1.04. The lowest BCUT2D eigenvalue weighted by Gasteiger charge is -2.21. The van der Waals surface area contributed by atoms with E-state index >= 15 is 0 Å². The van der Waals surface area contributed by atoms with Crippen LogP contribution in [-0.4, -0.2) is 20.8 Å². The van der Waals surface area contributed by atoms with Crippen LogP contribution in [0.4, 0.5) is 0 Å². The highest BCUT2D eigenvalue weighted by molar-refractivity contribution is 9.10. The highest BCUT2D eigenvalue weighted by atomic mass is 79.9. The third kappa shape index (κ3) is 3.42. The zero-order valence-corrected chi connectivity index (χ0v) is 15.1. The lowest BCUT2D eigenvalue weighted by Crippen LogP contribution is -2.22. The van der Waals surface area contributed by atoms with Crippen LogP contribution in [0, 0.1) is 6.92 Å². The molecule has 0 bridgehead atoms. The van der Waals surface area contributed by atoms with Gasteiger partial charge < -0.3 is 14.8 Å². The van der Waals surface area contributed by atoms with E-state index in [1.807, 2.05) is 6.07 Å². The van der Waals surface area contributed by atoms with E-state index in [2.05, 4.69) is 52.6 Å². The lowest BCUT2D eigenvalue weighted by molar-refractivity contribution is 0.354. The van der Waals surface area contributed by atoms with Crippen LogP contribution < -0.4 is 14.8 Å². The molecular weight excluding hydrogens is 350 g/mol. The van der Waals surface area contributed by atoms with Gasteiger partial charge in [0.1, 0.15) is 0 Å². The monoisotopic (exact) mass is 369 g/mol. The summed E-state index contributed by atoms with van der Waals surface area (Å²) < 4.78 is 12.0. The number of hydrogen-bond donors (Lipinski definition) is 1. The number of halogens is 1. The maximum absolute atomic E-state index is 5.45. The summed E-state index contributed by atoms with van der Waals surface area (Å²) >= 11 is 5.38. The first kappa shape index (κ1) is 16.3. The predicted molar refractivity (Wildman–Crippen MR) is 91.8 cm³/mol. The minimum absolute atomic E-state index is 0.143. The van der Waals surface area contributed by atoms with Crippen molar-refractivity contribution in [2.75, 3.05) is 20.8 Å². The van der Waals surface area contributed by atoms with E-state index in [0.29, 0.717) is 0 Å². The summed E-state index contributed by atoms with van der Waals surface area (Å²) in [6.07, 6.45) is 0. The highest BCUT2D eigenvalue weighted by Gasteiger charge is 2.21. The fourth-order valence-electron chi connectivity index (χ4n) is 2.37. The second kappa shape index (κ2) is 7.29. The standard InChI is InChI=1S/C16H20BrNO2S/c1-5-18-15(16-12(17)6-7-21-16)11-9-14(20-4)13(19-3)8-10(11)2/h6-9,15,18H,5H2,1-4H3. The van der Waals surface area contributed by atoms with E-state index in [4.69, 9.17) is 9.47 Å². The van der Waals surface area contributed by atoms with Gasteiger partial charge in [-0.2, -0.15) is 0 Å². The van der Waals surface area contributed by atoms with Gasteiger partial charge in [0, 0.05) is 9.35 Å². The zero-order chi connectivity index (χ0) is 15.4. The Morgan fingerprint density at radius 1 is 1.24 bits per heavy atom. The molecular formula is C16H20BrNO2S. The first-order valence-corrected chi connectivity index (χ1v) is 8.48. The molecule has 0 aliphatic heterocycles. The van der Waals surface area contributed by atoms with Crippen molar-refractivity contribution in [3.05, 3.63) is 44.1 Å². The number of methoxy groups -OCH3 is 2. The van der Waals surface area contributed by atoms with E-state index in [1.165, 1.54) is 16.0 Å². The van der Waals surface area contributed by atoms with Crippen LogP contribution >= 0.6 is 27.3 Å².